The van der Waals surface area contributed by atoms with Crippen molar-refractivity contribution in [1.82, 2.24) is 15.4 Å². The first-order valence-corrected chi connectivity index (χ1v) is 11.0. The summed E-state index contributed by atoms with van der Waals surface area (Å²) in [5.74, 6) is -0.469. The van der Waals surface area contributed by atoms with Crippen molar-refractivity contribution in [2.75, 3.05) is 54.4 Å². The molecule has 1 atom stereocenters. The highest BCUT2D eigenvalue weighted by Crippen LogP contribution is 2.28. The molecule has 0 spiro atoms. The number of thiazole rings is 1. The molecule has 13 heteroatoms. The van der Waals surface area contributed by atoms with Gasteiger partial charge in [0.2, 0.25) is 0 Å². The van der Waals surface area contributed by atoms with E-state index in [1.165, 1.54) is 27.3 Å². The molecule has 0 radical (unpaired) electrons. The van der Waals surface area contributed by atoms with Crippen LogP contribution in [-0.4, -0.2) is 72.6 Å². The predicted octanol–water partition coefficient (Wildman–Crippen LogP) is 0.917. The van der Waals surface area contributed by atoms with Gasteiger partial charge in [-0.2, -0.15) is 0 Å². The number of cyclic esters (lactones) is 1. The first kappa shape index (κ1) is 22.2. The molecule has 0 aliphatic carbocycles. The maximum atomic E-state index is 14.9. The van der Waals surface area contributed by atoms with Gasteiger partial charge in [-0.05, 0) is 18.2 Å². The minimum atomic E-state index is -0.542. The zero-order chi connectivity index (χ0) is 22.7. The Labute approximate surface area is 187 Å². The number of rotatable bonds is 5. The fraction of sp³-hybridized carbons (Fsp3) is 0.421. The Morgan fingerprint density at radius 2 is 2.25 bits per heavy atom. The normalized spacial score (nSPS) is 19.2. The van der Waals surface area contributed by atoms with Crippen LogP contribution >= 0.6 is 11.3 Å². The van der Waals surface area contributed by atoms with Crippen molar-refractivity contribution in [3.8, 4) is 0 Å². The van der Waals surface area contributed by atoms with Gasteiger partial charge in [0.1, 0.15) is 11.9 Å². The van der Waals surface area contributed by atoms with E-state index >= 15 is 0 Å². The molecule has 2 aliphatic rings. The minimum absolute atomic E-state index is 0.194. The average molecular weight is 466 g/mol. The van der Waals surface area contributed by atoms with Crippen LogP contribution < -0.4 is 26.3 Å². The SMILES string of the molecule is NC[C@H]1CN(c2ccc(N3CCNN(C(=O)Nc4nc(CO)cs4)CC3)c(F)c2)C(=O)O1. The van der Waals surface area contributed by atoms with E-state index < -0.39 is 18.0 Å². The number of halogens is 1. The van der Waals surface area contributed by atoms with Crippen LogP contribution in [0.15, 0.2) is 23.6 Å². The largest absolute Gasteiger partial charge is 0.443 e. The second-order valence-electron chi connectivity index (χ2n) is 7.27. The fourth-order valence-electron chi connectivity index (χ4n) is 3.52. The van der Waals surface area contributed by atoms with Crippen molar-refractivity contribution in [2.45, 2.75) is 12.7 Å². The number of nitrogens with one attached hydrogen (secondary N) is 2. The molecule has 2 fully saturated rings. The van der Waals surface area contributed by atoms with Gasteiger partial charge in [-0.1, -0.05) is 0 Å². The zero-order valence-electron chi connectivity index (χ0n) is 17.2. The second-order valence-corrected chi connectivity index (χ2v) is 8.12. The smallest absolute Gasteiger partial charge is 0.414 e. The molecule has 3 amide bonds. The third-order valence-electron chi connectivity index (χ3n) is 5.17. The molecule has 0 saturated carbocycles. The molecule has 172 valence electrons. The van der Waals surface area contributed by atoms with Gasteiger partial charge in [-0.15, -0.1) is 11.3 Å². The molecule has 2 saturated heterocycles. The van der Waals surface area contributed by atoms with E-state index in [0.29, 0.717) is 48.4 Å². The van der Waals surface area contributed by atoms with Crippen molar-refractivity contribution in [2.24, 2.45) is 5.73 Å². The monoisotopic (exact) mass is 465 g/mol. The van der Waals surface area contributed by atoms with Crippen LogP contribution in [0.4, 0.5) is 30.5 Å². The Hall–Kier alpha value is -3.00. The summed E-state index contributed by atoms with van der Waals surface area (Å²) >= 11 is 1.22. The van der Waals surface area contributed by atoms with Crippen molar-refractivity contribution < 1.29 is 23.8 Å². The summed E-state index contributed by atoms with van der Waals surface area (Å²) in [5.41, 5.74) is 9.85. The molecule has 0 bridgehead atoms. The minimum Gasteiger partial charge on any atom is -0.443 e. The lowest BCUT2D eigenvalue weighted by molar-refractivity contribution is 0.145. The topological polar surface area (TPSA) is 136 Å². The number of anilines is 3. The second kappa shape index (κ2) is 9.65. The lowest BCUT2D eigenvalue weighted by Crippen LogP contribution is -2.46. The standard InChI is InChI=1S/C19H24FN7O4S/c20-15-7-13(26-9-14(8-21)31-19(26)30)1-2-16(15)25-4-3-22-27(6-5-25)18(29)24-17-23-12(10-28)11-32-17/h1-2,7,11,14,22,28H,3-6,8-10,21H2,(H,23,24,29)/t14-/m0/s1. The van der Waals surface area contributed by atoms with Crippen LogP contribution in [0.25, 0.3) is 0 Å². The molecular weight excluding hydrogens is 441 g/mol. The Morgan fingerprint density at radius 3 is 2.94 bits per heavy atom. The average Bonchev–Trinajstić information content (AvgIpc) is 3.31. The number of benzene rings is 1. The zero-order valence-corrected chi connectivity index (χ0v) is 18.0. The fourth-order valence-corrected chi connectivity index (χ4v) is 4.21. The molecule has 4 rings (SSSR count). The molecular formula is C19H24FN7O4S. The van der Waals surface area contributed by atoms with E-state index in [2.05, 4.69) is 15.7 Å². The molecule has 5 N–H and O–H groups in total. The summed E-state index contributed by atoms with van der Waals surface area (Å²) in [6, 6.07) is 4.21. The van der Waals surface area contributed by atoms with Crippen molar-refractivity contribution >= 4 is 40.0 Å². The molecule has 1 aromatic heterocycles. The third kappa shape index (κ3) is 4.75. The molecule has 3 heterocycles. The number of hydrogen-bond donors (Lipinski definition) is 4. The van der Waals surface area contributed by atoms with Crippen LogP contribution in [0.2, 0.25) is 0 Å². The summed E-state index contributed by atoms with van der Waals surface area (Å²) in [4.78, 5) is 31.8. The first-order chi connectivity index (χ1) is 15.5. The van der Waals surface area contributed by atoms with Crippen LogP contribution in [-0.2, 0) is 11.3 Å². The Kier molecular flexibility index (Phi) is 6.69. The van der Waals surface area contributed by atoms with Crippen molar-refractivity contribution in [3.63, 3.8) is 0 Å². The lowest BCUT2D eigenvalue weighted by atomic mass is 10.2. The number of aliphatic hydroxyl groups excluding tert-OH is 1. The summed E-state index contributed by atoms with van der Waals surface area (Å²) in [6.07, 6.45) is -0.946. The number of urea groups is 1. The molecule has 32 heavy (non-hydrogen) atoms. The molecule has 1 aromatic carbocycles. The summed E-state index contributed by atoms with van der Waals surface area (Å²) < 4.78 is 20.0. The number of amides is 3. The quantitative estimate of drug-likeness (QED) is 0.512. The van der Waals surface area contributed by atoms with Crippen LogP contribution in [0.3, 0.4) is 0 Å². The Morgan fingerprint density at radius 1 is 1.41 bits per heavy atom. The maximum absolute atomic E-state index is 14.9. The lowest BCUT2D eigenvalue weighted by Gasteiger charge is -2.24. The number of hydrazine groups is 1. The Bertz CT molecular complexity index is 990. The van der Waals surface area contributed by atoms with Gasteiger partial charge in [0, 0.05) is 31.6 Å². The highest BCUT2D eigenvalue weighted by Gasteiger charge is 2.32. The van der Waals surface area contributed by atoms with Crippen molar-refractivity contribution in [3.05, 3.63) is 35.1 Å². The number of ether oxygens (including phenoxy) is 1. The van der Waals surface area contributed by atoms with Crippen LogP contribution in [0, 0.1) is 5.82 Å². The maximum Gasteiger partial charge on any atom is 0.414 e. The van der Waals surface area contributed by atoms with Gasteiger partial charge in [0.25, 0.3) is 0 Å². The van der Waals surface area contributed by atoms with Crippen molar-refractivity contribution in [1.29, 1.82) is 0 Å². The molecule has 11 nitrogen and oxygen atoms in total. The van der Waals surface area contributed by atoms with Crippen LogP contribution in [0.5, 0.6) is 0 Å². The van der Waals surface area contributed by atoms with E-state index in [9.17, 15) is 14.0 Å². The van der Waals surface area contributed by atoms with Gasteiger partial charge >= 0.3 is 12.1 Å². The highest BCUT2D eigenvalue weighted by molar-refractivity contribution is 7.13. The summed E-state index contributed by atoms with van der Waals surface area (Å²) in [7, 11) is 0. The number of aliphatic hydroxyl groups is 1. The highest BCUT2D eigenvalue weighted by atomic mass is 32.1. The third-order valence-corrected chi connectivity index (χ3v) is 5.98. The van der Waals surface area contributed by atoms with E-state index in [0.717, 1.165) is 0 Å². The van der Waals surface area contributed by atoms with Gasteiger partial charge in [-0.3, -0.25) is 15.2 Å². The molecule has 2 aliphatic heterocycles. The first-order valence-electron chi connectivity index (χ1n) is 10.1. The van der Waals surface area contributed by atoms with E-state index in [1.54, 1.807) is 17.5 Å². The number of carbonyl (C=O) groups excluding carboxylic acids is 2. The van der Waals surface area contributed by atoms with Gasteiger partial charge in [0.15, 0.2) is 5.13 Å². The van der Waals surface area contributed by atoms with Crippen LogP contribution in [0.1, 0.15) is 5.69 Å². The number of nitrogens with two attached hydrogens (primary N) is 1. The molecule has 0 unspecified atom stereocenters. The number of hydrogen-bond acceptors (Lipinski definition) is 9. The predicted molar refractivity (Wildman–Crippen MR) is 117 cm³/mol. The van der Waals surface area contributed by atoms with E-state index in [-0.39, 0.29) is 25.7 Å². The van der Waals surface area contributed by atoms with E-state index in [4.69, 9.17) is 15.6 Å². The number of aromatic nitrogens is 1. The molecule has 2 aromatic rings. The van der Waals surface area contributed by atoms with E-state index in [1.807, 2.05) is 4.90 Å². The summed E-state index contributed by atoms with van der Waals surface area (Å²) in [6.45, 7) is 1.90. The van der Waals surface area contributed by atoms with Gasteiger partial charge < -0.3 is 20.5 Å². The number of nitrogens with zero attached hydrogens (tertiary/aromatic N) is 4. The number of carbonyl (C=O) groups is 2. The van der Waals surface area contributed by atoms with Gasteiger partial charge in [-0.25, -0.2) is 24.4 Å². The van der Waals surface area contributed by atoms with Gasteiger partial charge in [0.05, 0.1) is 36.8 Å². The Balaban J connectivity index is 1.38. The summed E-state index contributed by atoms with van der Waals surface area (Å²) in [5, 5.41) is 15.2.